The summed E-state index contributed by atoms with van der Waals surface area (Å²) in [4.78, 5) is 13.6. The first-order valence-corrected chi connectivity index (χ1v) is 6.22. The van der Waals surface area contributed by atoms with Crippen molar-refractivity contribution < 1.29 is 4.79 Å². The third-order valence-corrected chi connectivity index (χ3v) is 2.87. The van der Waals surface area contributed by atoms with Crippen molar-refractivity contribution in [1.29, 1.82) is 0 Å². The van der Waals surface area contributed by atoms with Crippen molar-refractivity contribution in [2.45, 2.75) is 39.5 Å². The highest BCUT2D eigenvalue weighted by atomic mass is 16.2. The number of carbonyl (C=O) groups is 1. The minimum absolute atomic E-state index is 0.351. The maximum absolute atomic E-state index is 11.6. The number of hydrogen-bond donors (Lipinski definition) is 1. The number of rotatable bonds is 6. The summed E-state index contributed by atoms with van der Waals surface area (Å²) in [5.74, 6) is 0.919. The molecule has 1 unspecified atom stereocenters. The van der Waals surface area contributed by atoms with Crippen molar-refractivity contribution >= 4 is 5.91 Å². The number of amides is 1. The summed E-state index contributed by atoms with van der Waals surface area (Å²) in [5.41, 5.74) is 0. The van der Waals surface area contributed by atoms with Gasteiger partial charge in [0.2, 0.25) is 5.91 Å². The van der Waals surface area contributed by atoms with Gasteiger partial charge in [-0.1, -0.05) is 13.8 Å². The minimum atomic E-state index is 0.351. The molecule has 1 fully saturated rings. The van der Waals surface area contributed by atoms with Gasteiger partial charge in [0.1, 0.15) is 0 Å². The Labute approximate surface area is 93.2 Å². The molecular formula is C12H24N2O. The van der Waals surface area contributed by atoms with Crippen LogP contribution < -0.4 is 5.32 Å². The van der Waals surface area contributed by atoms with Crippen molar-refractivity contribution in [3.05, 3.63) is 0 Å². The number of nitrogens with one attached hydrogen (secondary N) is 1. The zero-order valence-corrected chi connectivity index (χ0v) is 10.1. The van der Waals surface area contributed by atoms with Gasteiger partial charge in [0.15, 0.2) is 0 Å². The van der Waals surface area contributed by atoms with Crippen LogP contribution >= 0.6 is 0 Å². The molecule has 1 aliphatic rings. The Morgan fingerprint density at radius 3 is 2.93 bits per heavy atom. The molecule has 0 bridgehead atoms. The van der Waals surface area contributed by atoms with E-state index in [1.165, 1.54) is 12.8 Å². The third-order valence-electron chi connectivity index (χ3n) is 2.87. The monoisotopic (exact) mass is 212 g/mol. The molecule has 1 amide bonds. The van der Waals surface area contributed by atoms with Crippen molar-refractivity contribution in [1.82, 2.24) is 10.2 Å². The number of hydrogen-bond acceptors (Lipinski definition) is 2. The van der Waals surface area contributed by atoms with Crippen LogP contribution in [-0.2, 0) is 4.79 Å². The molecule has 0 radical (unpaired) electrons. The molecule has 0 saturated carbocycles. The van der Waals surface area contributed by atoms with Gasteiger partial charge in [0.05, 0.1) is 0 Å². The Balaban J connectivity index is 2.17. The standard InChI is InChI=1S/C12H24N2O/c1-3-7-13-9-11(2)10-14-8-5-4-6-12(14)15/h11,13H,3-10H2,1-2H3. The fourth-order valence-electron chi connectivity index (χ4n) is 2.02. The van der Waals surface area contributed by atoms with Crippen molar-refractivity contribution in [2.24, 2.45) is 5.92 Å². The van der Waals surface area contributed by atoms with Crippen molar-refractivity contribution in [2.75, 3.05) is 26.2 Å². The van der Waals surface area contributed by atoms with Crippen LogP contribution in [0.1, 0.15) is 39.5 Å². The lowest BCUT2D eigenvalue weighted by molar-refractivity contribution is -0.133. The number of carbonyl (C=O) groups excluding carboxylic acids is 1. The van der Waals surface area contributed by atoms with E-state index in [1.54, 1.807) is 0 Å². The molecule has 15 heavy (non-hydrogen) atoms. The van der Waals surface area contributed by atoms with Gasteiger partial charge in [-0.15, -0.1) is 0 Å². The highest BCUT2D eigenvalue weighted by molar-refractivity contribution is 5.76. The fourth-order valence-corrected chi connectivity index (χ4v) is 2.02. The number of likely N-dealkylation sites (tertiary alicyclic amines) is 1. The second-order valence-electron chi connectivity index (χ2n) is 4.61. The summed E-state index contributed by atoms with van der Waals surface area (Å²) in [6.07, 6.45) is 4.20. The Morgan fingerprint density at radius 2 is 2.27 bits per heavy atom. The molecule has 0 aliphatic carbocycles. The maximum Gasteiger partial charge on any atom is 0.222 e. The summed E-state index contributed by atoms with van der Waals surface area (Å²) in [6, 6.07) is 0. The third kappa shape index (κ3) is 4.65. The molecule has 1 saturated heterocycles. The van der Waals surface area contributed by atoms with Crippen molar-refractivity contribution in [3.63, 3.8) is 0 Å². The molecule has 88 valence electrons. The van der Waals surface area contributed by atoms with Gasteiger partial charge >= 0.3 is 0 Å². The highest BCUT2D eigenvalue weighted by Gasteiger charge is 2.19. The molecule has 0 aromatic carbocycles. The van der Waals surface area contributed by atoms with Crippen LogP contribution in [0.4, 0.5) is 0 Å². The molecular weight excluding hydrogens is 188 g/mol. The van der Waals surface area contributed by atoms with Gasteiger partial charge in [-0.05, 0) is 38.3 Å². The molecule has 1 rings (SSSR count). The smallest absolute Gasteiger partial charge is 0.222 e. The first-order chi connectivity index (χ1) is 7.24. The van der Waals surface area contributed by atoms with Gasteiger partial charge in [-0.2, -0.15) is 0 Å². The number of nitrogens with zero attached hydrogens (tertiary/aromatic N) is 1. The van der Waals surface area contributed by atoms with E-state index in [0.29, 0.717) is 11.8 Å². The molecule has 1 heterocycles. The summed E-state index contributed by atoms with van der Waals surface area (Å²) in [5, 5.41) is 3.40. The van der Waals surface area contributed by atoms with E-state index in [9.17, 15) is 4.79 Å². The second-order valence-corrected chi connectivity index (χ2v) is 4.61. The predicted octanol–water partition coefficient (Wildman–Crippen LogP) is 1.63. The number of piperidine rings is 1. The van der Waals surface area contributed by atoms with E-state index in [2.05, 4.69) is 19.2 Å². The largest absolute Gasteiger partial charge is 0.342 e. The van der Waals surface area contributed by atoms with Gasteiger partial charge in [-0.3, -0.25) is 4.79 Å². The first-order valence-electron chi connectivity index (χ1n) is 6.22. The summed E-state index contributed by atoms with van der Waals surface area (Å²) in [6.45, 7) is 8.39. The average molecular weight is 212 g/mol. The lowest BCUT2D eigenvalue weighted by Crippen LogP contribution is -2.40. The quantitative estimate of drug-likeness (QED) is 0.679. The minimum Gasteiger partial charge on any atom is -0.342 e. The molecule has 3 heteroatoms. The van der Waals surface area contributed by atoms with Crippen molar-refractivity contribution in [3.8, 4) is 0 Å². The average Bonchev–Trinajstić information content (AvgIpc) is 2.22. The molecule has 3 nitrogen and oxygen atoms in total. The van der Waals surface area contributed by atoms with E-state index in [4.69, 9.17) is 0 Å². The molecule has 1 aliphatic heterocycles. The van der Waals surface area contributed by atoms with Gasteiger partial charge in [-0.25, -0.2) is 0 Å². The first kappa shape index (κ1) is 12.5. The Hall–Kier alpha value is -0.570. The lowest BCUT2D eigenvalue weighted by Gasteiger charge is -2.29. The van der Waals surface area contributed by atoms with Crippen LogP contribution in [0.15, 0.2) is 0 Å². The summed E-state index contributed by atoms with van der Waals surface area (Å²) >= 11 is 0. The summed E-state index contributed by atoms with van der Waals surface area (Å²) < 4.78 is 0. The Kier molecular flexibility index (Phi) is 5.69. The van der Waals surface area contributed by atoms with E-state index in [1.807, 2.05) is 4.90 Å². The predicted molar refractivity (Wildman–Crippen MR) is 62.8 cm³/mol. The zero-order valence-electron chi connectivity index (χ0n) is 10.1. The molecule has 0 aromatic heterocycles. The molecule has 1 N–H and O–H groups in total. The van der Waals surface area contributed by atoms with Crippen LogP contribution in [0, 0.1) is 5.92 Å². The maximum atomic E-state index is 11.6. The van der Waals surface area contributed by atoms with Crippen LogP contribution in [0.5, 0.6) is 0 Å². The van der Waals surface area contributed by atoms with Crippen LogP contribution in [0.25, 0.3) is 0 Å². The van der Waals surface area contributed by atoms with E-state index >= 15 is 0 Å². The SMILES string of the molecule is CCCNCC(C)CN1CCCCC1=O. The Bertz CT molecular complexity index is 194. The van der Waals surface area contributed by atoms with Crippen LogP contribution in [-0.4, -0.2) is 37.0 Å². The molecule has 0 aromatic rings. The zero-order chi connectivity index (χ0) is 11.1. The van der Waals surface area contributed by atoms with Crippen LogP contribution in [0.3, 0.4) is 0 Å². The van der Waals surface area contributed by atoms with E-state index < -0.39 is 0 Å². The summed E-state index contributed by atoms with van der Waals surface area (Å²) in [7, 11) is 0. The van der Waals surface area contributed by atoms with Gasteiger partial charge < -0.3 is 10.2 Å². The van der Waals surface area contributed by atoms with E-state index in [0.717, 1.165) is 39.0 Å². The van der Waals surface area contributed by atoms with E-state index in [-0.39, 0.29) is 0 Å². The topological polar surface area (TPSA) is 32.3 Å². The van der Waals surface area contributed by atoms with Crippen LogP contribution in [0.2, 0.25) is 0 Å². The normalized spacial score (nSPS) is 19.3. The lowest BCUT2D eigenvalue weighted by atomic mass is 10.1. The molecule has 0 spiro atoms. The Morgan fingerprint density at radius 1 is 1.47 bits per heavy atom. The highest BCUT2D eigenvalue weighted by Crippen LogP contribution is 2.12. The van der Waals surface area contributed by atoms with Gasteiger partial charge in [0.25, 0.3) is 0 Å². The van der Waals surface area contributed by atoms with Gasteiger partial charge in [0, 0.05) is 19.5 Å². The second kappa shape index (κ2) is 6.83. The fraction of sp³-hybridized carbons (Fsp3) is 0.917. The molecule has 1 atom stereocenters.